The molecule has 1 fully saturated rings. The molecule has 1 aromatic heterocycles. The van der Waals surface area contributed by atoms with E-state index in [4.69, 9.17) is 0 Å². The molecule has 2 amide bonds. The van der Waals surface area contributed by atoms with Crippen LogP contribution in [0.3, 0.4) is 0 Å². The van der Waals surface area contributed by atoms with Gasteiger partial charge >= 0.3 is 0 Å². The van der Waals surface area contributed by atoms with Crippen molar-refractivity contribution in [1.82, 2.24) is 25.4 Å². The standard InChI is InChI=1S/C20H27N5O2/c1-4-14(5-2)20(27)25-11-16(18-21-13(3)23-24-18)17(12-25)22-19(26)15-9-7-6-8-10-15/h6-10,14,16-17H,4-5,11-12H2,1-3H3,(H,22,26)(H,21,23,24)/t16-,17-/m1/s1. The minimum atomic E-state index is -0.216. The second kappa shape index (κ2) is 8.33. The second-order valence-corrected chi connectivity index (χ2v) is 7.09. The molecule has 2 aromatic rings. The summed E-state index contributed by atoms with van der Waals surface area (Å²) >= 11 is 0. The average Bonchev–Trinajstić information content (AvgIpc) is 3.29. The third kappa shape index (κ3) is 4.18. The van der Waals surface area contributed by atoms with Gasteiger partial charge in [0.1, 0.15) is 5.82 Å². The van der Waals surface area contributed by atoms with E-state index in [1.54, 1.807) is 12.1 Å². The predicted molar refractivity (Wildman–Crippen MR) is 102 cm³/mol. The minimum absolute atomic E-state index is 0.0168. The van der Waals surface area contributed by atoms with Gasteiger partial charge in [0.25, 0.3) is 5.91 Å². The molecule has 0 spiro atoms. The molecule has 3 rings (SSSR count). The van der Waals surface area contributed by atoms with E-state index < -0.39 is 0 Å². The first-order chi connectivity index (χ1) is 13.0. The van der Waals surface area contributed by atoms with Gasteiger partial charge in [-0.05, 0) is 31.9 Å². The lowest BCUT2D eigenvalue weighted by Crippen LogP contribution is -2.41. The molecule has 1 aromatic carbocycles. The number of nitrogens with one attached hydrogen (secondary N) is 2. The SMILES string of the molecule is CCC(CC)C(=O)N1C[C@@H](NC(=O)c2ccccc2)[C@H](c2n[nH]c(C)n2)C1. The number of carbonyl (C=O) groups is 2. The van der Waals surface area contributed by atoms with Crippen LogP contribution in [0, 0.1) is 12.8 Å². The first-order valence-electron chi connectivity index (χ1n) is 9.57. The smallest absolute Gasteiger partial charge is 0.251 e. The lowest BCUT2D eigenvalue weighted by Gasteiger charge is -2.21. The van der Waals surface area contributed by atoms with Crippen LogP contribution in [0.1, 0.15) is 54.6 Å². The van der Waals surface area contributed by atoms with E-state index in [9.17, 15) is 9.59 Å². The van der Waals surface area contributed by atoms with E-state index in [1.165, 1.54) is 0 Å². The molecule has 144 valence electrons. The molecule has 2 atom stereocenters. The maximum absolute atomic E-state index is 12.9. The van der Waals surface area contributed by atoms with Crippen LogP contribution in [0.5, 0.6) is 0 Å². The number of amides is 2. The van der Waals surface area contributed by atoms with Crippen molar-refractivity contribution in [2.24, 2.45) is 5.92 Å². The molecule has 0 unspecified atom stereocenters. The molecule has 2 heterocycles. The largest absolute Gasteiger partial charge is 0.347 e. The number of nitrogens with zero attached hydrogens (tertiary/aromatic N) is 3. The molecular formula is C20H27N5O2. The topological polar surface area (TPSA) is 91.0 Å². The van der Waals surface area contributed by atoms with E-state index in [-0.39, 0.29) is 29.7 Å². The molecule has 2 N–H and O–H groups in total. The summed E-state index contributed by atoms with van der Waals surface area (Å²) in [5, 5.41) is 10.2. The number of benzene rings is 1. The number of hydrogen-bond donors (Lipinski definition) is 2. The highest BCUT2D eigenvalue weighted by atomic mass is 16.2. The monoisotopic (exact) mass is 369 g/mol. The highest BCUT2D eigenvalue weighted by Crippen LogP contribution is 2.28. The number of hydrogen-bond acceptors (Lipinski definition) is 4. The van der Waals surface area contributed by atoms with Gasteiger partial charge in [-0.25, -0.2) is 4.98 Å². The first kappa shape index (κ1) is 19.1. The van der Waals surface area contributed by atoms with E-state index in [0.717, 1.165) is 18.7 Å². The zero-order valence-corrected chi connectivity index (χ0v) is 16.1. The van der Waals surface area contributed by atoms with E-state index in [2.05, 4.69) is 20.5 Å². The summed E-state index contributed by atoms with van der Waals surface area (Å²) in [6, 6.07) is 8.89. The lowest BCUT2D eigenvalue weighted by molar-refractivity contribution is -0.134. The molecule has 0 bridgehead atoms. The van der Waals surface area contributed by atoms with Crippen molar-refractivity contribution in [3.05, 3.63) is 47.5 Å². The highest BCUT2D eigenvalue weighted by Gasteiger charge is 2.40. The Morgan fingerprint density at radius 3 is 2.52 bits per heavy atom. The van der Waals surface area contributed by atoms with Crippen molar-refractivity contribution in [1.29, 1.82) is 0 Å². The number of rotatable bonds is 6. The third-order valence-corrected chi connectivity index (χ3v) is 5.27. The summed E-state index contributed by atoms with van der Waals surface area (Å²) in [4.78, 5) is 31.8. The Labute approximate surface area is 159 Å². The van der Waals surface area contributed by atoms with Crippen LogP contribution in [0.25, 0.3) is 0 Å². The fourth-order valence-corrected chi connectivity index (χ4v) is 3.65. The Bertz CT molecular complexity index is 785. The predicted octanol–water partition coefficient (Wildman–Crippen LogP) is 2.27. The maximum atomic E-state index is 12.9. The maximum Gasteiger partial charge on any atom is 0.251 e. The normalized spacial score (nSPS) is 19.5. The minimum Gasteiger partial charge on any atom is -0.347 e. The number of aryl methyl sites for hydroxylation is 1. The number of carbonyl (C=O) groups excluding carboxylic acids is 2. The summed E-state index contributed by atoms with van der Waals surface area (Å²) in [5.41, 5.74) is 0.604. The quantitative estimate of drug-likeness (QED) is 0.817. The Kier molecular flexibility index (Phi) is 5.88. The van der Waals surface area contributed by atoms with Crippen LogP contribution in [0.15, 0.2) is 30.3 Å². The number of H-pyrrole nitrogens is 1. The van der Waals surface area contributed by atoms with Crippen molar-refractivity contribution >= 4 is 11.8 Å². The molecule has 0 radical (unpaired) electrons. The Hall–Kier alpha value is -2.70. The van der Waals surface area contributed by atoms with Crippen LogP contribution < -0.4 is 5.32 Å². The molecular weight excluding hydrogens is 342 g/mol. The van der Waals surface area contributed by atoms with Gasteiger partial charge in [-0.1, -0.05) is 32.0 Å². The molecule has 7 nitrogen and oxygen atoms in total. The molecule has 1 saturated heterocycles. The second-order valence-electron chi connectivity index (χ2n) is 7.09. The number of aromatic nitrogens is 3. The van der Waals surface area contributed by atoms with Gasteiger partial charge in [0.2, 0.25) is 5.91 Å². The van der Waals surface area contributed by atoms with Crippen molar-refractivity contribution in [3.63, 3.8) is 0 Å². The van der Waals surface area contributed by atoms with E-state index in [0.29, 0.717) is 24.5 Å². The Morgan fingerprint density at radius 2 is 1.93 bits per heavy atom. The number of aromatic amines is 1. The summed E-state index contributed by atoms with van der Waals surface area (Å²) in [6.45, 7) is 6.91. The molecule has 1 aliphatic rings. The molecule has 7 heteroatoms. The molecule has 0 aliphatic carbocycles. The van der Waals surface area contributed by atoms with Crippen molar-refractivity contribution < 1.29 is 9.59 Å². The van der Waals surface area contributed by atoms with E-state index >= 15 is 0 Å². The van der Waals surface area contributed by atoms with Crippen LogP contribution in [-0.4, -0.2) is 51.0 Å². The fraction of sp³-hybridized carbons (Fsp3) is 0.500. The van der Waals surface area contributed by atoms with Gasteiger partial charge in [-0.15, -0.1) is 0 Å². The Balaban J connectivity index is 1.80. The van der Waals surface area contributed by atoms with Crippen molar-refractivity contribution in [2.45, 2.75) is 45.6 Å². The molecule has 27 heavy (non-hydrogen) atoms. The lowest BCUT2D eigenvalue weighted by atomic mass is 10.0. The number of likely N-dealkylation sites (tertiary alicyclic amines) is 1. The zero-order valence-electron chi connectivity index (χ0n) is 16.1. The van der Waals surface area contributed by atoms with E-state index in [1.807, 2.05) is 43.9 Å². The van der Waals surface area contributed by atoms with Crippen LogP contribution >= 0.6 is 0 Å². The van der Waals surface area contributed by atoms with Gasteiger partial charge < -0.3 is 10.2 Å². The van der Waals surface area contributed by atoms with Gasteiger partial charge in [0.15, 0.2) is 5.82 Å². The van der Waals surface area contributed by atoms with Crippen LogP contribution in [0.2, 0.25) is 0 Å². The fourth-order valence-electron chi connectivity index (χ4n) is 3.65. The third-order valence-electron chi connectivity index (χ3n) is 5.27. The molecule has 1 aliphatic heterocycles. The average molecular weight is 369 g/mol. The highest BCUT2D eigenvalue weighted by molar-refractivity contribution is 5.94. The zero-order chi connectivity index (χ0) is 19.4. The van der Waals surface area contributed by atoms with Crippen molar-refractivity contribution in [3.8, 4) is 0 Å². The van der Waals surface area contributed by atoms with Crippen LogP contribution in [-0.2, 0) is 4.79 Å². The molecule has 0 saturated carbocycles. The summed E-state index contributed by atoms with van der Waals surface area (Å²) in [5.74, 6) is 1.26. The van der Waals surface area contributed by atoms with Gasteiger partial charge in [0, 0.05) is 24.6 Å². The van der Waals surface area contributed by atoms with Gasteiger partial charge in [0.05, 0.1) is 12.0 Å². The summed E-state index contributed by atoms with van der Waals surface area (Å²) < 4.78 is 0. The first-order valence-corrected chi connectivity index (χ1v) is 9.57. The summed E-state index contributed by atoms with van der Waals surface area (Å²) in [7, 11) is 0. The van der Waals surface area contributed by atoms with Crippen LogP contribution in [0.4, 0.5) is 0 Å². The summed E-state index contributed by atoms with van der Waals surface area (Å²) in [6.07, 6.45) is 1.63. The van der Waals surface area contributed by atoms with Gasteiger partial charge in [-0.3, -0.25) is 14.7 Å². The van der Waals surface area contributed by atoms with Gasteiger partial charge in [-0.2, -0.15) is 5.10 Å². The van der Waals surface area contributed by atoms with Crippen molar-refractivity contribution in [2.75, 3.05) is 13.1 Å². The Morgan fingerprint density at radius 1 is 1.22 bits per heavy atom.